The Morgan fingerprint density at radius 3 is 2.75 bits per heavy atom. The van der Waals surface area contributed by atoms with Crippen molar-refractivity contribution in [2.45, 2.75) is 6.92 Å². The van der Waals surface area contributed by atoms with Gasteiger partial charge >= 0.3 is 5.97 Å². The molecule has 0 unspecified atom stereocenters. The normalized spacial score (nSPS) is 11.0. The Labute approximate surface area is 138 Å². The first-order valence-electron chi connectivity index (χ1n) is 6.78. The number of hydrogen-bond donors (Lipinski definition) is 0. The molecule has 2 heterocycles. The summed E-state index contributed by atoms with van der Waals surface area (Å²) in [6, 6.07) is 1.20. The van der Waals surface area contributed by atoms with Gasteiger partial charge in [-0.3, -0.25) is 0 Å². The van der Waals surface area contributed by atoms with Crippen LogP contribution in [-0.4, -0.2) is 27.3 Å². The van der Waals surface area contributed by atoms with Gasteiger partial charge in [-0.1, -0.05) is 11.6 Å². The summed E-state index contributed by atoms with van der Waals surface area (Å²) < 4.78 is 46.5. The molecule has 2 aromatic heterocycles. The molecule has 0 aliphatic heterocycles. The fraction of sp³-hybridized carbons (Fsp3) is 0.133. The number of carbonyl (C=O) groups is 1. The summed E-state index contributed by atoms with van der Waals surface area (Å²) in [6.45, 7) is 1.79. The van der Waals surface area contributed by atoms with Crippen LogP contribution in [0.3, 0.4) is 0 Å². The number of fused-ring (bicyclic) bond motifs is 1. The second-order valence-corrected chi connectivity index (χ2v) is 5.10. The van der Waals surface area contributed by atoms with E-state index in [0.29, 0.717) is 6.07 Å². The molecule has 0 saturated heterocycles. The van der Waals surface area contributed by atoms with Crippen molar-refractivity contribution in [3.63, 3.8) is 0 Å². The number of ether oxygens (including phenoxy) is 1. The summed E-state index contributed by atoms with van der Waals surface area (Å²) >= 11 is 6.14. The zero-order valence-corrected chi connectivity index (χ0v) is 12.9. The molecular weight excluding hydrogens is 347 g/mol. The lowest BCUT2D eigenvalue weighted by molar-refractivity contribution is 0.0526. The van der Waals surface area contributed by atoms with E-state index in [1.165, 1.54) is 6.20 Å². The van der Waals surface area contributed by atoms with E-state index in [1.54, 1.807) is 6.92 Å². The molecule has 124 valence electrons. The predicted octanol–water partition coefficient (Wildman–Crippen LogP) is 3.67. The van der Waals surface area contributed by atoms with Crippen LogP contribution in [0, 0.1) is 17.5 Å². The third kappa shape index (κ3) is 2.58. The molecule has 1 aromatic carbocycles. The number of esters is 1. The summed E-state index contributed by atoms with van der Waals surface area (Å²) in [7, 11) is 0. The van der Waals surface area contributed by atoms with Crippen molar-refractivity contribution >= 4 is 28.6 Å². The van der Waals surface area contributed by atoms with Crippen LogP contribution in [0.5, 0.6) is 0 Å². The van der Waals surface area contributed by atoms with Crippen LogP contribution in [0.4, 0.5) is 13.2 Å². The zero-order chi connectivity index (χ0) is 17.4. The fourth-order valence-electron chi connectivity index (χ4n) is 2.17. The summed E-state index contributed by atoms with van der Waals surface area (Å²) in [5.74, 6) is -4.29. The van der Waals surface area contributed by atoms with E-state index in [0.717, 1.165) is 16.9 Å². The lowest BCUT2D eigenvalue weighted by atomic mass is 10.2. The monoisotopic (exact) mass is 355 g/mol. The number of aromatic nitrogens is 3. The van der Waals surface area contributed by atoms with Crippen LogP contribution in [0.15, 0.2) is 24.5 Å². The Balaban J connectivity index is 2.20. The molecule has 0 fully saturated rings. The maximum atomic E-state index is 13.9. The van der Waals surface area contributed by atoms with Gasteiger partial charge in [0.15, 0.2) is 17.3 Å². The molecule has 0 aliphatic carbocycles. The topological polar surface area (TPSA) is 57.0 Å². The molecule has 0 aliphatic rings. The van der Waals surface area contributed by atoms with Crippen LogP contribution in [0.2, 0.25) is 5.02 Å². The number of halogens is 4. The van der Waals surface area contributed by atoms with Crippen molar-refractivity contribution in [1.29, 1.82) is 0 Å². The highest BCUT2D eigenvalue weighted by molar-refractivity contribution is 6.38. The van der Waals surface area contributed by atoms with Gasteiger partial charge < -0.3 is 4.74 Å². The quantitative estimate of drug-likeness (QED) is 0.531. The Kier molecular flexibility index (Phi) is 4.15. The lowest BCUT2D eigenvalue weighted by Gasteiger charge is -2.07. The third-order valence-corrected chi connectivity index (χ3v) is 3.64. The first kappa shape index (κ1) is 16.3. The molecule has 5 nitrogen and oxygen atoms in total. The molecule has 0 amide bonds. The largest absolute Gasteiger partial charge is 0.462 e. The highest BCUT2D eigenvalue weighted by Gasteiger charge is 2.21. The summed E-state index contributed by atoms with van der Waals surface area (Å²) in [6.07, 6.45) is 2.35. The Hall–Kier alpha value is -2.61. The molecule has 0 saturated carbocycles. The van der Waals surface area contributed by atoms with E-state index in [9.17, 15) is 18.0 Å². The molecule has 24 heavy (non-hydrogen) atoms. The molecule has 9 heteroatoms. The van der Waals surface area contributed by atoms with Crippen LogP contribution < -0.4 is 0 Å². The van der Waals surface area contributed by atoms with Gasteiger partial charge in [-0.25, -0.2) is 27.6 Å². The van der Waals surface area contributed by atoms with Gasteiger partial charge in [-0.2, -0.15) is 5.10 Å². The molecular formula is C15H9ClF3N3O2. The van der Waals surface area contributed by atoms with E-state index in [-0.39, 0.29) is 28.2 Å². The molecule has 0 atom stereocenters. The van der Waals surface area contributed by atoms with Crippen molar-refractivity contribution in [2.75, 3.05) is 6.61 Å². The Bertz CT molecular complexity index is 959. The zero-order valence-electron chi connectivity index (χ0n) is 12.2. The molecule has 0 spiro atoms. The molecule has 3 aromatic rings. The van der Waals surface area contributed by atoms with E-state index in [4.69, 9.17) is 16.3 Å². The van der Waals surface area contributed by atoms with Gasteiger partial charge in [0.25, 0.3) is 0 Å². The number of carbonyl (C=O) groups excluding carboxylic acids is 1. The van der Waals surface area contributed by atoms with Gasteiger partial charge in [0.1, 0.15) is 11.5 Å². The van der Waals surface area contributed by atoms with E-state index in [2.05, 4.69) is 10.1 Å². The smallest absolute Gasteiger partial charge is 0.341 e. The third-order valence-electron chi connectivity index (χ3n) is 3.23. The standard InChI is InChI=1S/C15H9ClF3N3O2/c1-2-24-15(23)9-5-20-14-8(12(9)16)6-21-22(14)11-4-7(17)3-10(18)13(11)19/h3-6H,2H2,1H3. The summed E-state index contributed by atoms with van der Waals surface area (Å²) in [4.78, 5) is 15.8. The van der Waals surface area contributed by atoms with Gasteiger partial charge in [-0.05, 0) is 6.92 Å². The second kappa shape index (κ2) is 6.12. The highest BCUT2D eigenvalue weighted by Crippen LogP contribution is 2.28. The van der Waals surface area contributed by atoms with Crippen LogP contribution in [0.25, 0.3) is 16.7 Å². The Morgan fingerprint density at radius 1 is 1.29 bits per heavy atom. The van der Waals surface area contributed by atoms with Gasteiger partial charge in [0.2, 0.25) is 0 Å². The average molecular weight is 356 g/mol. The molecule has 0 radical (unpaired) electrons. The number of benzene rings is 1. The fourth-order valence-corrected chi connectivity index (χ4v) is 2.43. The van der Waals surface area contributed by atoms with Crippen molar-refractivity contribution in [1.82, 2.24) is 14.8 Å². The van der Waals surface area contributed by atoms with Crippen molar-refractivity contribution in [3.8, 4) is 5.69 Å². The van der Waals surface area contributed by atoms with E-state index >= 15 is 0 Å². The first-order valence-corrected chi connectivity index (χ1v) is 7.16. The number of rotatable bonds is 3. The lowest BCUT2D eigenvalue weighted by Crippen LogP contribution is -2.07. The van der Waals surface area contributed by atoms with Crippen LogP contribution in [-0.2, 0) is 4.74 Å². The number of nitrogens with zero attached hydrogens (tertiary/aromatic N) is 3. The summed E-state index contributed by atoms with van der Waals surface area (Å²) in [5.41, 5.74) is -0.414. The first-order chi connectivity index (χ1) is 11.4. The maximum absolute atomic E-state index is 13.9. The van der Waals surface area contributed by atoms with Gasteiger partial charge in [-0.15, -0.1) is 0 Å². The van der Waals surface area contributed by atoms with Crippen LogP contribution >= 0.6 is 11.6 Å². The predicted molar refractivity (Wildman–Crippen MR) is 79.7 cm³/mol. The minimum absolute atomic E-state index is 0.00184. The van der Waals surface area contributed by atoms with Crippen molar-refractivity contribution in [3.05, 3.63) is 52.6 Å². The molecule has 0 N–H and O–H groups in total. The van der Waals surface area contributed by atoms with Crippen molar-refractivity contribution in [2.24, 2.45) is 0 Å². The number of pyridine rings is 1. The van der Waals surface area contributed by atoms with E-state index in [1.807, 2.05) is 0 Å². The number of hydrogen-bond acceptors (Lipinski definition) is 4. The minimum Gasteiger partial charge on any atom is -0.462 e. The van der Waals surface area contributed by atoms with Crippen molar-refractivity contribution < 1.29 is 22.7 Å². The van der Waals surface area contributed by atoms with E-state index < -0.39 is 29.1 Å². The van der Waals surface area contributed by atoms with Crippen LogP contribution in [0.1, 0.15) is 17.3 Å². The SMILES string of the molecule is CCOC(=O)c1cnc2c(cnn2-c2cc(F)cc(F)c2F)c1Cl. The molecule has 0 bridgehead atoms. The van der Waals surface area contributed by atoms with Gasteiger partial charge in [0, 0.05) is 18.3 Å². The Morgan fingerprint density at radius 2 is 2.04 bits per heavy atom. The minimum atomic E-state index is -1.36. The van der Waals surface area contributed by atoms with Gasteiger partial charge in [0.05, 0.1) is 28.8 Å². The second-order valence-electron chi connectivity index (χ2n) is 4.72. The molecule has 3 rings (SSSR count). The average Bonchev–Trinajstić information content (AvgIpc) is 2.96. The maximum Gasteiger partial charge on any atom is 0.341 e. The summed E-state index contributed by atoms with van der Waals surface area (Å²) in [5, 5.41) is 4.08. The highest BCUT2D eigenvalue weighted by atomic mass is 35.5.